The normalized spacial score (nSPS) is 18.5. The first-order valence-electron chi connectivity index (χ1n) is 8.71. The number of aryl methyl sites for hydroxylation is 1. The molecule has 2 aromatic rings. The topological polar surface area (TPSA) is 84.4 Å². The molecule has 0 radical (unpaired) electrons. The number of amides is 2. The van der Waals surface area contributed by atoms with Crippen LogP contribution < -0.4 is 10.1 Å². The van der Waals surface area contributed by atoms with E-state index in [0.717, 1.165) is 5.69 Å². The average molecular weight is 352 g/mol. The summed E-state index contributed by atoms with van der Waals surface area (Å²) in [5.41, 5.74) is 1.20. The number of hydrogen-bond acceptors (Lipinski definition) is 5. The fourth-order valence-electron chi connectivity index (χ4n) is 3.41. The summed E-state index contributed by atoms with van der Waals surface area (Å²) in [7, 11) is 0. The largest absolute Gasteiger partial charge is 0.484 e. The Hall–Kier alpha value is -2.96. The molecule has 1 fully saturated rings. The van der Waals surface area contributed by atoms with Gasteiger partial charge in [-0.1, -0.05) is 12.1 Å². The predicted octanol–water partition coefficient (Wildman–Crippen LogP) is 1.58. The fourth-order valence-corrected chi connectivity index (χ4v) is 3.41. The van der Waals surface area contributed by atoms with Crippen molar-refractivity contribution in [3.8, 4) is 5.75 Å². The van der Waals surface area contributed by atoms with Crippen LogP contribution in [0.2, 0.25) is 0 Å². The third-order valence-electron chi connectivity index (χ3n) is 4.99. The number of piperidine rings is 1. The van der Waals surface area contributed by atoms with Gasteiger partial charge in [0.15, 0.2) is 0 Å². The van der Waals surface area contributed by atoms with Crippen LogP contribution in [0.1, 0.15) is 39.4 Å². The van der Waals surface area contributed by atoms with Gasteiger partial charge in [-0.3, -0.25) is 14.6 Å². The van der Waals surface area contributed by atoms with Gasteiger partial charge in [0.25, 0.3) is 11.8 Å². The van der Waals surface area contributed by atoms with Crippen molar-refractivity contribution in [2.24, 2.45) is 0 Å². The van der Waals surface area contributed by atoms with Crippen LogP contribution >= 0.6 is 0 Å². The lowest BCUT2D eigenvalue weighted by molar-refractivity contribution is 0.00750. The van der Waals surface area contributed by atoms with Crippen molar-refractivity contribution in [3.63, 3.8) is 0 Å². The van der Waals surface area contributed by atoms with Crippen LogP contribution in [0.15, 0.2) is 36.7 Å². The van der Waals surface area contributed by atoms with Gasteiger partial charge in [0.1, 0.15) is 17.0 Å². The van der Waals surface area contributed by atoms with Crippen LogP contribution in [-0.4, -0.2) is 51.9 Å². The quantitative estimate of drug-likeness (QED) is 0.842. The van der Waals surface area contributed by atoms with Gasteiger partial charge in [0, 0.05) is 32.1 Å². The lowest BCUT2D eigenvalue weighted by Crippen LogP contribution is -2.54. The van der Waals surface area contributed by atoms with Crippen LogP contribution in [-0.2, 0) is 0 Å². The van der Waals surface area contributed by atoms with E-state index in [9.17, 15) is 9.59 Å². The molecule has 3 heterocycles. The molecule has 1 aromatic carbocycles. The molecule has 2 aliphatic rings. The molecular weight excluding hydrogens is 332 g/mol. The zero-order valence-electron chi connectivity index (χ0n) is 14.6. The second-order valence-electron chi connectivity index (χ2n) is 6.80. The molecule has 0 unspecified atom stereocenters. The van der Waals surface area contributed by atoms with E-state index < -0.39 is 5.60 Å². The summed E-state index contributed by atoms with van der Waals surface area (Å²) in [6, 6.07) is 7.27. The highest BCUT2D eigenvalue weighted by Crippen LogP contribution is 2.33. The van der Waals surface area contributed by atoms with Crippen molar-refractivity contribution in [2.75, 3.05) is 19.6 Å². The van der Waals surface area contributed by atoms with Gasteiger partial charge in [-0.25, -0.2) is 4.98 Å². The van der Waals surface area contributed by atoms with Crippen LogP contribution in [0.4, 0.5) is 0 Å². The van der Waals surface area contributed by atoms with Gasteiger partial charge in [0.05, 0.1) is 24.0 Å². The molecule has 0 saturated carbocycles. The molecule has 4 rings (SSSR count). The fraction of sp³-hybridized carbons (Fsp3) is 0.368. The Morgan fingerprint density at radius 2 is 1.96 bits per heavy atom. The highest BCUT2D eigenvalue weighted by atomic mass is 16.5. The molecule has 7 nitrogen and oxygen atoms in total. The SMILES string of the molecule is Cc1cnc(C(=O)N2CCC3(CC2)CNC(=O)c2ccccc2O3)cn1. The number of carbonyl (C=O) groups excluding carboxylic acids is 2. The number of ether oxygens (including phenoxy) is 1. The van der Waals surface area contributed by atoms with E-state index >= 15 is 0 Å². The number of para-hydroxylation sites is 1. The molecule has 134 valence electrons. The minimum absolute atomic E-state index is 0.120. The number of nitrogens with zero attached hydrogens (tertiary/aromatic N) is 3. The van der Waals surface area contributed by atoms with Crippen molar-refractivity contribution >= 4 is 11.8 Å². The van der Waals surface area contributed by atoms with Crippen molar-refractivity contribution < 1.29 is 14.3 Å². The van der Waals surface area contributed by atoms with E-state index in [1.807, 2.05) is 25.1 Å². The Kier molecular flexibility index (Phi) is 4.06. The van der Waals surface area contributed by atoms with Gasteiger partial charge in [-0.15, -0.1) is 0 Å². The summed E-state index contributed by atoms with van der Waals surface area (Å²) >= 11 is 0. The maximum Gasteiger partial charge on any atom is 0.274 e. The second-order valence-corrected chi connectivity index (χ2v) is 6.80. The van der Waals surface area contributed by atoms with E-state index in [4.69, 9.17) is 4.74 Å². The molecular formula is C19H20N4O3. The van der Waals surface area contributed by atoms with Crippen molar-refractivity contribution in [1.82, 2.24) is 20.2 Å². The van der Waals surface area contributed by atoms with E-state index in [1.54, 1.807) is 17.2 Å². The van der Waals surface area contributed by atoms with Crippen molar-refractivity contribution in [3.05, 3.63) is 53.6 Å². The Labute approximate surface area is 151 Å². The van der Waals surface area contributed by atoms with Crippen LogP contribution in [0.25, 0.3) is 0 Å². The molecule has 7 heteroatoms. The Morgan fingerprint density at radius 1 is 1.19 bits per heavy atom. The van der Waals surface area contributed by atoms with Gasteiger partial charge < -0.3 is 15.0 Å². The third-order valence-corrected chi connectivity index (χ3v) is 4.99. The Morgan fingerprint density at radius 3 is 2.69 bits per heavy atom. The van der Waals surface area contributed by atoms with Gasteiger partial charge in [0.2, 0.25) is 0 Å². The number of rotatable bonds is 1. The minimum atomic E-state index is -0.488. The highest BCUT2D eigenvalue weighted by Gasteiger charge is 2.41. The zero-order valence-corrected chi connectivity index (χ0v) is 14.6. The van der Waals surface area contributed by atoms with Crippen LogP contribution in [0.3, 0.4) is 0 Å². The number of carbonyl (C=O) groups is 2. The molecule has 1 saturated heterocycles. The number of aromatic nitrogens is 2. The molecule has 1 N–H and O–H groups in total. The number of nitrogens with one attached hydrogen (secondary N) is 1. The highest BCUT2D eigenvalue weighted by molar-refractivity contribution is 5.97. The summed E-state index contributed by atoms with van der Waals surface area (Å²) < 4.78 is 6.26. The first kappa shape index (κ1) is 16.5. The summed E-state index contributed by atoms with van der Waals surface area (Å²) in [6.07, 6.45) is 4.40. The molecule has 0 aliphatic carbocycles. The summed E-state index contributed by atoms with van der Waals surface area (Å²) in [4.78, 5) is 34.9. The smallest absolute Gasteiger partial charge is 0.274 e. The molecule has 2 aliphatic heterocycles. The maximum absolute atomic E-state index is 12.6. The van der Waals surface area contributed by atoms with Gasteiger partial charge in [-0.2, -0.15) is 0 Å². The summed E-state index contributed by atoms with van der Waals surface area (Å²) in [5.74, 6) is 0.364. The van der Waals surface area contributed by atoms with E-state index in [-0.39, 0.29) is 11.8 Å². The maximum atomic E-state index is 12.6. The van der Waals surface area contributed by atoms with Crippen molar-refractivity contribution in [2.45, 2.75) is 25.4 Å². The third kappa shape index (κ3) is 3.00. The number of likely N-dealkylation sites (tertiary alicyclic amines) is 1. The lowest BCUT2D eigenvalue weighted by atomic mass is 9.90. The minimum Gasteiger partial charge on any atom is -0.484 e. The Balaban J connectivity index is 1.48. The first-order valence-corrected chi connectivity index (χ1v) is 8.71. The lowest BCUT2D eigenvalue weighted by Gasteiger charge is -2.40. The second kappa shape index (κ2) is 6.40. The number of fused-ring (bicyclic) bond motifs is 1. The molecule has 26 heavy (non-hydrogen) atoms. The Bertz CT molecular complexity index is 842. The molecule has 0 atom stereocenters. The molecule has 1 aromatic heterocycles. The standard InChI is InChI=1S/C19H20N4O3/c1-13-10-21-15(11-20-13)18(25)23-8-6-19(7-9-23)12-22-17(24)14-4-2-3-5-16(14)26-19/h2-5,10-11H,6-9,12H2,1H3,(H,22,24). The van der Waals surface area contributed by atoms with Crippen LogP contribution in [0, 0.1) is 6.92 Å². The summed E-state index contributed by atoms with van der Waals surface area (Å²) in [5, 5.41) is 2.95. The number of hydrogen-bond donors (Lipinski definition) is 1. The molecule has 2 amide bonds. The van der Waals surface area contributed by atoms with E-state index in [2.05, 4.69) is 15.3 Å². The zero-order chi connectivity index (χ0) is 18.1. The number of benzene rings is 1. The van der Waals surface area contributed by atoms with Gasteiger partial charge >= 0.3 is 0 Å². The van der Waals surface area contributed by atoms with E-state index in [1.165, 1.54) is 6.20 Å². The molecule has 0 bridgehead atoms. The van der Waals surface area contributed by atoms with E-state index in [0.29, 0.717) is 49.5 Å². The monoisotopic (exact) mass is 352 g/mol. The first-order chi connectivity index (χ1) is 12.6. The van der Waals surface area contributed by atoms with Crippen molar-refractivity contribution in [1.29, 1.82) is 0 Å². The average Bonchev–Trinajstić information content (AvgIpc) is 2.80. The van der Waals surface area contributed by atoms with Gasteiger partial charge in [-0.05, 0) is 19.1 Å². The predicted molar refractivity (Wildman–Crippen MR) is 94.0 cm³/mol. The molecule has 1 spiro atoms. The summed E-state index contributed by atoms with van der Waals surface area (Å²) in [6.45, 7) is 3.37. The van der Waals surface area contributed by atoms with Crippen LogP contribution in [0.5, 0.6) is 5.75 Å².